The van der Waals surface area contributed by atoms with Gasteiger partial charge >= 0.3 is 0 Å². The Balaban J connectivity index is 1.99. The molecule has 0 spiro atoms. The molecule has 8 heteroatoms. The highest BCUT2D eigenvalue weighted by Gasteiger charge is 2.10. The smallest absolute Gasteiger partial charge is 0.238 e. The van der Waals surface area contributed by atoms with E-state index in [0.717, 1.165) is 17.0 Å². The van der Waals surface area contributed by atoms with Gasteiger partial charge in [0.05, 0.1) is 16.3 Å². The second kappa shape index (κ2) is 5.56. The number of hydrogen-bond donors (Lipinski definition) is 1. The molecule has 0 aliphatic carbocycles. The van der Waals surface area contributed by atoms with Crippen LogP contribution in [0.25, 0.3) is 5.65 Å². The number of aryl methyl sites for hydroxylation is 2. The summed E-state index contributed by atoms with van der Waals surface area (Å²) in [5.41, 5.74) is 3.10. The van der Waals surface area contributed by atoms with Crippen molar-refractivity contribution >= 4 is 27.2 Å². The molecule has 1 aromatic carbocycles. The Kier molecular flexibility index (Phi) is 3.70. The summed E-state index contributed by atoms with van der Waals surface area (Å²) in [5, 5.41) is 13.5. The third-order valence-corrected chi connectivity index (χ3v) is 4.34. The van der Waals surface area contributed by atoms with Crippen LogP contribution in [0.15, 0.2) is 57.6 Å². The van der Waals surface area contributed by atoms with Crippen molar-refractivity contribution in [3.05, 3.63) is 53.9 Å². The largest absolute Gasteiger partial charge is 0.280 e. The van der Waals surface area contributed by atoms with E-state index < -0.39 is 10.0 Å². The lowest BCUT2D eigenvalue weighted by Gasteiger charge is -2.01. The summed E-state index contributed by atoms with van der Waals surface area (Å²) in [6.07, 6.45) is 0. The van der Waals surface area contributed by atoms with Gasteiger partial charge in [0, 0.05) is 5.69 Å². The van der Waals surface area contributed by atoms with Gasteiger partial charge in [-0.1, -0.05) is 6.07 Å². The molecule has 7 nitrogen and oxygen atoms in total. The zero-order valence-corrected chi connectivity index (χ0v) is 13.4. The summed E-state index contributed by atoms with van der Waals surface area (Å²) in [6.45, 7) is 3.83. The van der Waals surface area contributed by atoms with Crippen LogP contribution in [-0.2, 0) is 10.0 Å². The van der Waals surface area contributed by atoms with Crippen LogP contribution in [0, 0.1) is 13.8 Å². The number of nitrogens with zero attached hydrogens (tertiary/aromatic N) is 4. The fraction of sp³-hybridized carbons (Fsp3) is 0.133. The minimum absolute atomic E-state index is 0.0401. The van der Waals surface area contributed by atoms with Gasteiger partial charge < -0.3 is 0 Å². The van der Waals surface area contributed by atoms with Crippen LogP contribution < -0.4 is 5.14 Å². The van der Waals surface area contributed by atoms with Crippen LogP contribution in [0.5, 0.6) is 0 Å². The van der Waals surface area contributed by atoms with Crippen molar-refractivity contribution in [3.8, 4) is 0 Å². The molecule has 0 saturated carbocycles. The van der Waals surface area contributed by atoms with E-state index in [9.17, 15) is 8.42 Å². The van der Waals surface area contributed by atoms with Gasteiger partial charge in [-0.3, -0.25) is 4.40 Å². The number of sulfonamides is 1. The number of aromatic nitrogens is 2. The van der Waals surface area contributed by atoms with Crippen LogP contribution in [-0.4, -0.2) is 17.8 Å². The molecule has 2 aromatic heterocycles. The van der Waals surface area contributed by atoms with E-state index in [1.807, 2.05) is 36.4 Å². The van der Waals surface area contributed by atoms with Gasteiger partial charge in [0.25, 0.3) is 0 Å². The molecular weight excluding hydrogens is 314 g/mol. The van der Waals surface area contributed by atoms with Gasteiger partial charge in [0.1, 0.15) is 5.65 Å². The lowest BCUT2D eigenvalue weighted by atomic mass is 10.3. The fourth-order valence-corrected chi connectivity index (χ4v) is 2.79. The van der Waals surface area contributed by atoms with Crippen molar-refractivity contribution in [2.45, 2.75) is 18.7 Å². The molecule has 0 saturated heterocycles. The summed E-state index contributed by atoms with van der Waals surface area (Å²) < 4.78 is 24.4. The molecule has 0 amide bonds. The maximum absolute atomic E-state index is 11.2. The Labute approximate surface area is 133 Å². The van der Waals surface area contributed by atoms with E-state index >= 15 is 0 Å². The molecular formula is C15H15N5O2S. The molecule has 3 rings (SSSR count). The minimum atomic E-state index is -3.71. The van der Waals surface area contributed by atoms with E-state index in [4.69, 9.17) is 5.14 Å². The molecule has 0 bridgehead atoms. The number of hydrogen-bond acceptors (Lipinski definition) is 5. The summed E-state index contributed by atoms with van der Waals surface area (Å²) in [4.78, 5) is 4.49. The van der Waals surface area contributed by atoms with Crippen molar-refractivity contribution in [2.24, 2.45) is 15.4 Å². The second-order valence-corrected chi connectivity index (χ2v) is 6.68. The molecule has 0 unspecified atom stereocenters. The average molecular weight is 329 g/mol. The van der Waals surface area contributed by atoms with Gasteiger partial charge in [-0.05, 0) is 50.2 Å². The monoisotopic (exact) mass is 329 g/mol. The maximum Gasteiger partial charge on any atom is 0.238 e. The van der Waals surface area contributed by atoms with Crippen LogP contribution in [0.1, 0.15) is 11.4 Å². The van der Waals surface area contributed by atoms with Gasteiger partial charge in [-0.25, -0.2) is 18.5 Å². The molecule has 0 atom stereocenters. The van der Waals surface area contributed by atoms with E-state index in [1.165, 1.54) is 12.1 Å². The number of pyridine rings is 1. The number of azo groups is 1. The van der Waals surface area contributed by atoms with Gasteiger partial charge in [0.2, 0.25) is 10.0 Å². The van der Waals surface area contributed by atoms with Crippen LogP contribution in [0.2, 0.25) is 0 Å². The van der Waals surface area contributed by atoms with E-state index in [0.29, 0.717) is 11.5 Å². The van der Waals surface area contributed by atoms with Crippen molar-refractivity contribution in [1.82, 2.24) is 9.38 Å². The first-order chi connectivity index (χ1) is 10.9. The first-order valence-electron chi connectivity index (χ1n) is 6.85. The SMILES string of the molecule is Cc1nc2cccc(C)n2c1N=Nc1ccc(S(N)(=O)=O)cc1. The molecule has 0 radical (unpaired) electrons. The number of benzene rings is 1. The Morgan fingerprint density at radius 2 is 1.74 bits per heavy atom. The van der Waals surface area contributed by atoms with E-state index in [-0.39, 0.29) is 4.90 Å². The predicted molar refractivity (Wildman–Crippen MR) is 86.7 cm³/mol. The first kappa shape index (κ1) is 15.3. The molecule has 0 aliphatic rings. The van der Waals surface area contributed by atoms with Crippen molar-refractivity contribution in [3.63, 3.8) is 0 Å². The number of nitrogens with two attached hydrogens (primary N) is 1. The Bertz CT molecular complexity index is 1000. The zero-order chi connectivity index (χ0) is 16.6. The van der Waals surface area contributed by atoms with Gasteiger partial charge in [-0.2, -0.15) is 0 Å². The molecule has 2 heterocycles. The molecule has 23 heavy (non-hydrogen) atoms. The summed E-state index contributed by atoms with van der Waals surface area (Å²) in [7, 11) is -3.71. The number of imidazole rings is 1. The van der Waals surface area contributed by atoms with E-state index in [2.05, 4.69) is 15.2 Å². The summed E-state index contributed by atoms with van der Waals surface area (Å²) in [5.74, 6) is 0.647. The topological polar surface area (TPSA) is 102 Å². The fourth-order valence-electron chi connectivity index (χ4n) is 2.27. The zero-order valence-electron chi connectivity index (χ0n) is 12.6. The van der Waals surface area contributed by atoms with Crippen molar-refractivity contribution < 1.29 is 8.42 Å². The lowest BCUT2D eigenvalue weighted by molar-refractivity contribution is 0.598. The molecule has 2 N–H and O–H groups in total. The van der Waals surface area contributed by atoms with E-state index in [1.54, 1.807) is 12.1 Å². The number of fused-ring (bicyclic) bond motifs is 1. The first-order valence-corrected chi connectivity index (χ1v) is 8.40. The maximum atomic E-state index is 11.2. The van der Waals surface area contributed by atoms with Gasteiger partial charge in [-0.15, -0.1) is 10.2 Å². The highest BCUT2D eigenvalue weighted by molar-refractivity contribution is 7.89. The molecule has 3 aromatic rings. The highest BCUT2D eigenvalue weighted by atomic mass is 32.2. The van der Waals surface area contributed by atoms with Crippen LogP contribution in [0.3, 0.4) is 0 Å². The number of primary sulfonamides is 1. The van der Waals surface area contributed by atoms with Crippen LogP contribution >= 0.6 is 0 Å². The Hall–Kier alpha value is -2.58. The third kappa shape index (κ3) is 2.99. The Morgan fingerprint density at radius 1 is 1.04 bits per heavy atom. The molecule has 118 valence electrons. The number of rotatable bonds is 3. The molecule has 0 fully saturated rings. The lowest BCUT2D eigenvalue weighted by Crippen LogP contribution is -2.11. The average Bonchev–Trinajstić information content (AvgIpc) is 2.81. The second-order valence-electron chi connectivity index (χ2n) is 5.12. The van der Waals surface area contributed by atoms with Crippen LogP contribution in [0.4, 0.5) is 11.5 Å². The van der Waals surface area contributed by atoms with Crippen molar-refractivity contribution in [1.29, 1.82) is 0 Å². The normalized spacial score (nSPS) is 12.3. The third-order valence-electron chi connectivity index (χ3n) is 3.41. The standard InChI is InChI=1S/C15H15N5O2S/c1-10-4-3-5-14-17-11(2)15(20(10)14)19-18-12-6-8-13(9-7-12)23(16,21)22/h3-9H,1-2H3,(H2,16,21,22). The predicted octanol–water partition coefficient (Wildman–Crippen LogP) is 3.01. The Morgan fingerprint density at radius 3 is 2.39 bits per heavy atom. The van der Waals surface area contributed by atoms with Crippen molar-refractivity contribution in [2.75, 3.05) is 0 Å². The quantitative estimate of drug-likeness (QED) is 0.747. The highest BCUT2D eigenvalue weighted by Crippen LogP contribution is 2.25. The minimum Gasteiger partial charge on any atom is -0.280 e. The summed E-state index contributed by atoms with van der Waals surface area (Å²) >= 11 is 0. The molecule has 0 aliphatic heterocycles. The summed E-state index contributed by atoms with van der Waals surface area (Å²) in [6, 6.07) is 11.7. The van der Waals surface area contributed by atoms with Gasteiger partial charge in [0.15, 0.2) is 5.82 Å².